The summed E-state index contributed by atoms with van der Waals surface area (Å²) >= 11 is 0. The van der Waals surface area contributed by atoms with Crippen LogP contribution in [0.3, 0.4) is 0 Å². The molecule has 0 aliphatic rings. The smallest absolute Gasteiger partial charge is 0.411 e. The molecule has 104 valence electrons. The number of fused-ring (bicyclic) bond motifs is 1. The molecule has 0 spiro atoms. The number of alkyl halides is 3. The quantitative estimate of drug-likeness (QED) is 0.821. The second-order valence-electron chi connectivity index (χ2n) is 4.10. The average molecular weight is 273 g/mol. The van der Waals surface area contributed by atoms with Crippen molar-refractivity contribution in [3.8, 4) is 0 Å². The minimum Gasteiger partial charge on any atom is -0.464 e. The second kappa shape index (κ2) is 6.08. The molecule has 0 unspecified atom stereocenters. The first-order valence-corrected chi connectivity index (χ1v) is 5.86. The van der Waals surface area contributed by atoms with Crippen molar-refractivity contribution in [2.45, 2.75) is 12.7 Å². The fourth-order valence-corrected chi connectivity index (χ4v) is 1.72. The van der Waals surface area contributed by atoms with Gasteiger partial charge in [-0.25, -0.2) is 0 Å². The highest BCUT2D eigenvalue weighted by molar-refractivity contribution is 5.80. The van der Waals surface area contributed by atoms with Gasteiger partial charge < -0.3 is 14.5 Å². The molecule has 0 aliphatic heterocycles. The topological polar surface area (TPSA) is 34.4 Å². The first-order valence-electron chi connectivity index (χ1n) is 5.86. The summed E-state index contributed by atoms with van der Waals surface area (Å²) in [6, 6.07) is 7.60. The first kappa shape index (κ1) is 13.9. The van der Waals surface area contributed by atoms with E-state index in [2.05, 4.69) is 10.1 Å². The lowest BCUT2D eigenvalue weighted by molar-refractivity contribution is -0.173. The zero-order valence-electron chi connectivity index (χ0n) is 10.2. The number of hydrogen-bond donors (Lipinski definition) is 1. The lowest BCUT2D eigenvalue weighted by Gasteiger charge is -2.08. The Morgan fingerprint density at radius 2 is 2.00 bits per heavy atom. The predicted molar refractivity (Wildman–Crippen MR) is 64.8 cm³/mol. The number of rotatable bonds is 6. The van der Waals surface area contributed by atoms with Gasteiger partial charge in [0.25, 0.3) is 0 Å². The Hall–Kier alpha value is -1.53. The summed E-state index contributed by atoms with van der Waals surface area (Å²) in [6.45, 7) is -0.291. The third kappa shape index (κ3) is 4.25. The molecule has 0 atom stereocenters. The minimum absolute atomic E-state index is 0.0231. The number of hydrogen-bond acceptors (Lipinski definition) is 3. The predicted octanol–water partition coefficient (Wildman–Crippen LogP) is 3.10. The van der Waals surface area contributed by atoms with Crippen LogP contribution in [0.25, 0.3) is 11.0 Å². The van der Waals surface area contributed by atoms with Crippen LogP contribution < -0.4 is 5.32 Å². The molecule has 0 radical (unpaired) electrons. The van der Waals surface area contributed by atoms with Gasteiger partial charge in [0.2, 0.25) is 0 Å². The van der Waals surface area contributed by atoms with Crippen LogP contribution in [0.2, 0.25) is 0 Å². The number of benzene rings is 1. The summed E-state index contributed by atoms with van der Waals surface area (Å²) in [6.07, 6.45) is -2.62. The van der Waals surface area contributed by atoms with Gasteiger partial charge in [-0.1, -0.05) is 18.2 Å². The normalized spacial score (nSPS) is 12.2. The third-order valence-electron chi connectivity index (χ3n) is 2.57. The highest BCUT2D eigenvalue weighted by Gasteiger charge is 2.27. The van der Waals surface area contributed by atoms with Crippen molar-refractivity contribution in [2.75, 3.05) is 19.8 Å². The van der Waals surface area contributed by atoms with E-state index in [0.717, 1.165) is 16.5 Å². The molecular weight excluding hydrogens is 259 g/mol. The molecule has 1 aromatic heterocycles. The molecule has 0 aliphatic carbocycles. The van der Waals surface area contributed by atoms with E-state index in [9.17, 15) is 13.2 Å². The lowest BCUT2D eigenvalue weighted by atomic mass is 10.2. The number of nitrogens with one attached hydrogen (secondary N) is 1. The number of para-hydroxylation sites is 1. The van der Waals surface area contributed by atoms with Crippen LogP contribution in [0.5, 0.6) is 0 Å². The first-order chi connectivity index (χ1) is 9.06. The maximum Gasteiger partial charge on any atom is 0.411 e. The summed E-state index contributed by atoms with van der Waals surface area (Å²) < 4.78 is 45.3. The monoisotopic (exact) mass is 273 g/mol. The van der Waals surface area contributed by atoms with Gasteiger partial charge in [-0.15, -0.1) is 0 Å². The molecule has 6 heteroatoms. The molecule has 0 saturated carbocycles. The SMILES string of the molecule is FC(F)(F)COCCNCc1coc2ccccc12. The van der Waals surface area contributed by atoms with E-state index in [1.54, 1.807) is 6.26 Å². The zero-order chi connectivity index (χ0) is 13.7. The second-order valence-corrected chi connectivity index (χ2v) is 4.10. The molecule has 1 heterocycles. The highest BCUT2D eigenvalue weighted by atomic mass is 19.4. The minimum atomic E-state index is -4.26. The van der Waals surface area contributed by atoms with Gasteiger partial charge in [-0.2, -0.15) is 13.2 Å². The van der Waals surface area contributed by atoms with Gasteiger partial charge in [0.15, 0.2) is 0 Å². The molecule has 0 fully saturated rings. The lowest BCUT2D eigenvalue weighted by Crippen LogP contribution is -2.23. The van der Waals surface area contributed by atoms with E-state index < -0.39 is 12.8 Å². The molecular formula is C13H14F3NO2. The maximum absolute atomic E-state index is 11.8. The highest BCUT2D eigenvalue weighted by Crippen LogP contribution is 2.20. The molecule has 2 aromatic rings. The summed E-state index contributed by atoms with van der Waals surface area (Å²) in [5.41, 5.74) is 1.78. The van der Waals surface area contributed by atoms with E-state index in [-0.39, 0.29) is 6.61 Å². The maximum atomic E-state index is 11.8. The number of ether oxygens (including phenoxy) is 1. The van der Waals surface area contributed by atoms with Crippen molar-refractivity contribution in [3.05, 3.63) is 36.1 Å². The number of halogens is 3. The van der Waals surface area contributed by atoms with E-state index in [1.165, 1.54) is 0 Å². The zero-order valence-corrected chi connectivity index (χ0v) is 10.2. The van der Waals surface area contributed by atoms with E-state index in [0.29, 0.717) is 13.1 Å². The van der Waals surface area contributed by atoms with Crippen molar-refractivity contribution in [1.82, 2.24) is 5.32 Å². The van der Waals surface area contributed by atoms with Crippen molar-refractivity contribution in [3.63, 3.8) is 0 Å². The van der Waals surface area contributed by atoms with Crippen molar-refractivity contribution < 1.29 is 22.3 Å². The fourth-order valence-electron chi connectivity index (χ4n) is 1.72. The Balaban J connectivity index is 1.71. The Kier molecular flexibility index (Phi) is 4.44. The van der Waals surface area contributed by atoms with Crippen molar-refractivity contribution in [2.24, 2.45) is 0 Å². The molecule has 3 nitrogen and oxygen atoms in total. The number of furan rings is 1. The Labute approximate surface area is 108 Å². The van der Waals surface area contributed by atoms with Crippen LogP contribution >= 0.6 is 0 Å². The summed E-state index contributed by atoms with van der Waals surface area (Å²) in [7, 11) is 0. The fraction of sp³-hybridized carbons (Fsp3) is 0.385. The van der Waals surface area contributed by atoms with Gasteiger partial charge >= 0.3 is 6.18 Å². The van der Waals surface area contributed by atoms with Crippen LogP contribution in [0.1, 0.15) is 5.56 Å². The van der Waals surface area contributed by atoms with Crippen molar-refractivity contribution in [1.29, 1.82) is 0 Å². The van der Waals surface area contributed by atoms with Gasteiger partial charge in [-0.05, 0) is 6.07 Å². The summed E-state index contributed by atoms with van der Waals surface area (Å²) in [5, 5.41) is 4.02. The van der Waals surface area contributed by atoms with Gasteiger partial charge in [0, 0.05) is 24.0 Å². The Morgan fingerprint density at radius 1 is 1.21 bits per heavy atom. The standard InChI is InChI=1S/C13H14F3NO2/c14-13(15,16)9-18-6-5-17-7-10-8-19-12-4-2-1-3-11(10)12/h1-4,8,17H,5-7,9H2. The van der Waals surface area contributed by atoms with Crippen LogP contribution in [-0.2, 0) is 11.3 Å². The van der Waals surface area contributed by atoms with Crippen LogP contribution in [0.15, 0.2) is 34.9 Å². The summed E-state index contributed by atoms with van der Waals surface area (Å²) in [4.78, 5) is 0. The van der Waals surface area contributed by atoms with E-state index in [4.69, 9.17) is 4.42 Å². The van der Waals surface area contributed by atoms with E-state index >= 15 is 0 Å². The van der Waals surface area contributed by atoms with Gasteiger partial charge in [0.05, 0.1) is 12.9 Å². The molecule has 0 bridgehead atoms. The van der Waals surface area contributed by atoms with Crippen LogP contribution in [-0.4, -0.2) is 25.9 Å². The largest absolute Gasteiger partial charge is 0.464 e. The average Bonchev–Trinajstić information content (AvgIpc) is 2.76. The van der Waals surface area contributed by atoms with E-state index in [1.807, 2.05) is 24.3 Å². The Morgan fingerprint density at radius 3 is 2.79 bits per heavy atom. The molecule has 1 N–H and O–H groups in total. The van der Waals surface area contributed by atoms with Crippen molar-refractivity contribution >= 4 is 11.0 Å². The molecule has 1 aromatic carbocycles. The molecule has 0 amide bonds. The Bertz CT molecular complexity index is 522. The van der Waals surface area contributed by atoms with Crippen LogP contribution in [0, 0.1) is 0 Å². The van der Waals surface area contributed by atoms with Gasteiger partial charge in [-0.3, -0.25) is 0 Å². The third-order valence-corrected chi connectivity index (χ3v) is 2.57. The molecule has 19 heavy (non-hydrogen) atoms. The molecule has 2 rings (SSSR count). The van der Waals surface area contributed by atoms with Gasteiger partial charge in [0.1, 0.15) is 12.2 Å². The molecule has 0 saturated heterocycles. The summed E-state index contributed by atoms with van der Waals surface area (Å²) in [5.74, 6) is 0. The van der Waals surface area contributed by atoms with Crippen LogP contribution in [0.4, 0.5) is 13.2 Å².